The van der Waals surface area contributed by atoms with Gasteiger partial charge in [-0.15, -0.1) is 0 Å². The summed E-state index contributed by atoms with van der Waals surface area (Å²) in [4.78, 5) is 26.2. The Morgan fingerprint density at radius 3 is 2.82 bits per heavy atom. The molecule has 5 nitrogen and oxygen atoms in total. The zero-order valence-corrected chi connectivity index (χ0v) is 12.6. The Bertz CT molecular complexity index is 573. The van der Waals surface area contributed by atoms with Crippen molar-refractivity contribution in [1.82, 2.24) is 5.32 Å². The van der Waals surface area contributed by atoms with E-state index in [4.69, 9.17) is 0 Å². The van der Waals surface area contributed by atoms with E-state index in [9.17, 15) is 14.7 Å². The summed E-state index contributed by atoms with van der Waals surface area (Å²) in [6, 6.07) is 7.91. The first-order valence-electron chi connectivity index (χ1n) is 8.01. The average Bonchev–Trinajstić information content (AvgIpc) is 2.98. The number of hydrogen-bond acceptors (Lipinski definition) is 3. The number of carbonyl (C=O) groups is 2. The van der Waals surface area contributed by atoms with Gasteiger partial charge in [-0.3, -0.25) is 9.59 Å². The zero-order valence-electron chi connectivity index (χ0n) is 12.6. The number of anilines is 1. The second-order valence-electron chi connectivity index (χ2n) is 6.10. The van der Waals surface area contributed by atoms with Crippen LogP contribution in [0.2, 0.25) is 0 Å². The Hall–Kier alpha value is -1.88. The van der Waals surface area contributed by atoms with E-state index >= 15 is 0 Å². The highest BCUT2D eigenvalue weighted by molar-refractivity contribution is 5.97. The molecule has 0 radical (unpaired) electrons. The molecule has 2 unspecified atom stereocenters. The molecule has 1 aliphatic heterocycles. The summed E-state index contributed by atoms with van der Waals surface area (Å²) in [5.74, 6) is -0.655. The van der Waals surface area contributed by atoms with Gasteiger partial charge in [-0.05, 0) is 43.7 Å². The number of fused-ring (bicyclic) bond motifs is 1. The van der Waals surface area contributed by atoms with Crippen LogP contribution in [0.25, 0.3) is 0 Å². The minimum Gasteiger partial charge on any atom is -0.392 e. The fourth-order valence-corrected chi connectivity index (χ4v) is 3.43. The predicted octanol–water partition coefficient (Wildman–Crippen LogP) is 1.24. The lowest BCUT2D eigenvalue weighted by molar-refractivity contribution is -0.129. The van der Waals surface area contributed by atoms with Gasteiger partial charge >= 0.3 is 0 Å². The molecule has 1 saturated carbocycles. The first-order valence-corrected chi connectivity index (χ1v) is 8.01. The number of para-hydroxylation sites is 1. The van der Waals surface area contributed by atoms with Crippen molar-refractivity contribution in [2.75, 3.05) is 18.0 Å². The average molecular weight is 302 g/mol. The number of aryl methyl sites for hydroxylation is 1. The van der Waals surface area contributed by atoms with E-state index in [0.29, 0.717) is 19.4 Å². The normalized spacial score (nSPS) is 24.0. The molecule has 0 aromatic heterocycles. The van der Waals surface area contributed by atoms with Gasteiger partial charge < -0.3 is 15.3 Å². The molecule has 2 atom stereocenters. The summed E-state index contributed by atoms with van der Waals surface area (Å²) in [5.41, 5.74) is 2.13. The number of nitrogens with one attached hydrogen (secondary N) is 1. The van der Waals surface area contributed by atoms with Crippen molar-refractivity contribution in [1.29, 1.82) is 0 Å². The quantitative estimate of drug-likeness (QED) is 0.882. The van der Waals surface area contributed by atoms with Crippen LogP contribution in [-0.4, -0.2) is 36.1 Å². The topological polar surface area (TPSA) is 69.6 Å². The molecule has 2 aliphatic rings. The molecule has 1 aliphatic carbocycles. The lowest BCUT2D eigenvalue weighted by atomic mass is 10.0. The summed E-state index contributed by atoms with van der Waals surface area (Å²) in [6.45, 7) is 0.689. The molecular formula is C17H22N2O3. The summed E-state index contributed by atoms with van der Waals surface area (Å²) in [6.07, 6.45) is 3.61. The summed E-state index contributed by atoms with van der Waals surface area (Å²) < 4.78 is 0. The Labute approximate surface area is 130 Å². The largest absolute Gasteiger partial charge is 0.392 e. The summed E-state index contributed by atoms with van der Waals surface area (Å²) >= 11 is 0. The van der Waals surface area contributed by atoms with E-state index in [-0.39, 0.29) is 24.3 Å². The van der Waals surface area contributed by atoms with Gasteiger partial charge in [0.1, 0.15) is 0 Å². The van der Waals surface area contributed by atoms with E-state index in [1.54, 1.807) is 4.90 Å². The monoisotopic (exact) mass is 302 g/mol. The van der Waals surface area contributed by atoms with Crippen LogP contribution in [0.4, 0.5) is 5.69 Å². The molecule has 0 bridgehead atoms. The summed E-state index contributed by atoms with van der Waals surface area (Å²) in [7, 11) is 0. The number of aliphatic hydroxyl groups is 1. The number of amides is 2. The van der Waals surface area contributed by atoms with Crippen LogP contribution in [-0.2, 0) is 16.0 Å². The molecule has 0 saturated heterocycles. The van der Waals surface area contributed by atoms with Crippen molar-refractivity contribution in [2.45, 2.75) is 38.2 Å². The van der Waals surface area contributed by atoms with Crippen LogP contribution in [0.1, 0.15) is 31.2 Å². The molecule has 2 amide bonds. The molecule has 1 aromatic carbocycles. The molecule has 1 heterocycles. The van der Waals surface area contributed by atoms with E-state index < -0.39 is 6.10 Å². The van der Waals surface area contributed by atoms with Gasteiger partial charge in [0.15, 0.2) is 0 Å². The van der Waals surface area contributed by atoms with Crippen LogP contribution in [0.5, 0.6) is 0 Å². The van der Waals surface area contributed by atoms with E-state index in [2.05, 4.69) is 5.32 Å². The fourth-order valence-electron chi connectivity index (χ4n) is 3.43. The molecule has 0 spiro atoms. The lowest BCUT2D eigenvalue weighted by Gasteiger charge is -2.29. The smallest absolute Gasteiger partial charge is 0.246 e. The van der Waals surface area contributed by atoms with Crippen LogP contribution < -0.4 is 10.2 Å². The standard InChI is InChI=1S/C17H22N2O3/c20-15-9-3-7-13(15)17(22)18-11-16(21)19-10-4-6-12-5-1-2-8-14(12)19/h1-2,5,8,13,15,20H,3-4,6-7,9-11H2,(H,18,22). The van der Waals surface area contributed by atoms with Crippen molar-refractivity contribution < 1.29 is 14.7 Å². The molecule has 22 heavy (non-hydrogen) atoms. The number of nitrogens with zero attached hydrogens (tertiary/aromatic N) is 1. The third-order valence-electron chi connectivity index (χ3n) is 4.64. The maximum absolute atomic E-state index is 12.4. The van der Waals surface area contributed by atoms with Crippen LogP contribution in [0.15, 0.2) is 24.3 Å². The van der Waals surface area contributed by atoms with Crippen molar-refractivity contribution >= 4 is 17.5 Å². The molecule has 3 rings (SSSR count). The molecular weight excluding hydrogens is 280 g/mol. The number of carbonyl (C=O) groups excluding carboxylic acids is 2. The second-order valence-corrected chi connectivity index (χ2v) is 6.10. The Kier molecular flexibility index (Phi) is 4.43. The maximum Gasteiger partial charge on any atom is 0.246 e. The SMILES string of the molecule is O=C(NCC(=O)N1CCCc2ccccc21)C1CCCC1O. The van der Waals surface area contributed by atoms with Crippen LogP contribution in [0, 0.1) is 5.92 Å². The van der Waals surface area contributed by atoms with Crippen molar-refractivity contribution in [3.63, 3.8) is 0 Å². The first-order chi connectivity index (χ1) is 10.7. The molecule has 5 heteroatoms. The number of hydrogen-bond donors (Lipinski definition) is 2. The van der Waals surface area contributed by atoms with Crippen LogP contribution in [0.3, 0.4) is 0 Å². The van der Waals surface area contributed by atoms with Gasteiger partial charge in [0, 0.05) is 12.2 Å². The van der Waals surface area contributed by atoms with E-state index in [1.807, 2.05) is 24.3 Å². The van der Waals surface area contributed by atoms with Crippen LogP contribution >= 0.6 is 0 Å². The number of benzene rings is 1. The highest BCUT2D eigenvalue weighted by atomic mass is 16.3. The minimum atomic E-state index is -0.564. The molecule has 118 valence electrons. The molecule has 1 aromatic rings. The van der Waals surface area contributed by atoms with Gasteiger partial charge in [-0.1, -0.05) is 18.2 Å². The van der Waals surface area contributed by atoms with E-state index in [0.717, 1.165) is 24.9 Å². The van der Waals surface area contributed by atoms with Gasteiger partial charge in [-0.25, -0.2) is 0 Å². The Morgan fingerprint density at radius 1 is 1.23 bits per heavy atom. The van der Waals surface area contributed by atoms with Gasteiger partial charge in [-0.2, -0.15) is 0 Å². The highest BCUT2D eigenvalue weighted by Crippen LogP contribution is 2.27. The third-order valence-corrected chi connectivity index (χ3v) is 4.64. The summed E-state index contributed by atoms with van der Waals surface area (Å²) in [5, 5.41) is 12.4. The van der Waals surface area contributed by atoms with Crippen molar-refractivity contribution in [3.05, 3.63) is 29.8 Å². The zero-order chi connectivity index (χ0) is 15.5. The fraction of sp³-hybridized carbons (Fsp3) is 0.529. The van der Waals surface area contributed by atoms with Crippen molar-refractivity contribution in [3.8, 4) is 0 Å². The Morgan fingerprint density at radius 2 is 2.05 bits per heavy atom. The van der Waals surface area contributed by atoms with Gasteiger partial charge in [0.25, 0.3) is 0 Å². The third kappa shape index (κ3) is 2.99. The highest BCUT2D eigenvalue weighted by Gasteiger charge is 2.32. The number of rotatable bonds is 3. The van der Waals surface area contributed by atoms with Crippen molar-refractivity contribution in [2.24, 2.45) is 5.92 Å². The number of aliphatic hydroxyl groups excluding tert-OH is 1. The first kappa shape index (κ1) is 15.0. The lowest BCUT2D eigenvalue weighted by Crippen LogP contribution is -2.44. The van der Waals surface area contributed by atoms with Gasteiger partial charge in [0.05, 0.1) is 18.6 Å². The maximum atomic E-state index is 12.4. The minimum absolute atomic E-state index is 0.00358. The molecule has 1 fully saturated rings. The van der Waals surface area contributed by atoms with E-state index in [1.165, 1.54) is 5.56 Å². The van der Waals surface area contributed by atoms with Gasteiger partial charge in [0.2, 0.25) is 11.8 Å². The second kappa shape index (κ2) is 6.48. The predicted molar refractivity (Wildman–Crippen MR) is 83.5 cm³/mol. The Balaban J connectivity index is 1.60. The molecule has 2 N–H and O–H groups in total.